The Labute approximate surface area is 183 Å². The van der Waals surface area contributed by atoms with Crippen molar-refractivity contribution in [3.8, 4) is 0 Å². The van der Waals surface area contributed by atoms with Gasteiger partial charge < -0.3 is 15.5 Å². The van der Waals surface area contributed by atoms with Crippen molar-refractivity contribution in [3.05, 3.63) is 18.1 Å². The van der Waals surface area contributed by atoms with E-state index in [0.29, 0.717) is 30.5 Å². The molecule has 1 aliphatic carbocycles. The van der Waals surface area contributed by atoms with Crippen LogP contribution in [-0.2, 0) is 15.0 Å². The van der Waals surface area contributed by atoms with Crippen LogP contribution in [0, 0.1) is 5.92 Å². The Morgan fingerprint density at radius 3 is 2.68 bits per heavy atom. The summed E-state index contributed by atoms with van der Waals surface area (Å²) in [5, 5.41) is 11.0. The quantitative estimate of drug-likeness (QED) is 0.775. The van der Waals surface area contributed by atoms with Crippen LogP contribution in [0.25, 0.3) is 5.65 Å². The van der Waals surface area contributed by atoms with E-state index < -0.39 is 0 Å². The third-order valence-electron chi connectivity index (χ3n) is 6.44. The number of carbonyl (C=O) groups is 2. The normalized spacial score (nSPS) is 27.0. The average molecular weight is 428 g/mol. The lowest BCUT2D eigenvalue weighted by molar-refractivity contribution is -0.132. The summed E-state index contributed by atoms with van der Waals surface area (Å²) >= 11 is 0. The molecule has 2 N–H and O–H groups in total. The number of carbonyl (C=O) groups excluding carboxylic acids is 2. The van der Waals surface area contributed by atoms with Gasteiger partial charge in [-0.25, -0.2) is 9.97 Å². The minimum atomic E-state index is -0.363. The molecule has 31 heavy (non-hydrogen) atoms. The highest BCUT2D eigenvalue weighted by Crippen LogP contribution is 2.31. The number of nitrogens with zero attached hydrogens (tertiary/aromatic N) is 5. The van der Waals surface area contributed by atoms with E-state index >= 15 is 0 Å². The Hall–Kier alpha value is -2.71. The van der Waals surface area contributed by atoms with Crippen LogP contribution in [0.2, 0.25) is 0 Å². The third kappa shape index (κ3) is 4.36. The van der Waals surface area contributed by atoms with Crippen LogP contribution >= 0.6 is 0 Å². The van der Waals surface area contributed by atoms with Crippen molar-refractivity contribution >= 4 is 23.4 Å². The molecule has 0 radical (unpaired) electrons. The molecular weight excluding hydrogens is 394 g/mol. The van der Waals surface area contributed by atoms with Crippen LogP contribution < -0.4 is 10.6 Å². The number of amides is 2. The van der Waals surface area contributed by atoms with E-state index in [4.69, 9.17) is 0 Å². The second-order valence-corrected chi connectivity index (χ2v) is 10.1. The topological polar surface area (TPSA) is 105 Å². The lowest BCUT2D eigenvalue weighted by Gasteiger charge is -2.40. The summed E-state index contributed by atoms with van der Waals surface area (Å²) in [6, 6.07) is 1.64. The summed E-state index contributed by atoms with van der Waals surface area (Å²) in [6.07, 6.45) is 5.07. The molecule has 9 heteroatoms. The van der Waals surface area contributed by atoms with Gasteiger partial charge in [0.05, 0.1) is 11.7 Å². The van der Waals surface area contributed by atoms with E-state index in [9.17, 15) is 9.59 Å². The first-order valence-corrected chi connectivity index (χ1v) is 11.2. The minimum absolute atomic E-state index is 0.00941. The maximum atomic E-state index is 13.3. The molecule has 0 unspecified atom stereocenters. The van der Waals surface area contributed by atoms with Gasteiger partial charge in [0, 0.05) is 31.0 Å². The molecule has 2 amide bonds. The van der Waals surface area contributed by atoms with Gasteiger partial charge in [0.2, 0.25) is 17.8 Å². The molecule has 0 spiro atoms. The first kappa shape index (κ1) is 21.5. The molecule has 1 saturated heterocycles. The summed E-state index contributed by atoms with van der Waals surface area (Å²) in [5.74, 6) is 1.09. The predicted molar refractivity (Wildman–Crippen MR) is 118 cm³/mol. The summed E-state index contributed by atoms with van der Waals surface area (Å²) < 4.78 is 1.68. The zero-order chi connectivity index (χ0) is 22.3. The molecule has 9 nitrogen and oxygen atoms in total. The van der Waals surface area contributed by atoms with E-state index in [0.717, 1.165) is 25.0 Å². The Kier molecular flexibility index (Phi) is 5.61. The fourth-order valence-electron chi connectivity index (χ4n) is 4.76. The molecule has 2 aliphatic rings. The van der Waals surface area contributed by atoms with E-state index in [1.54, 1.807) is 11.4 Å². The lowest BCUT2D eigenvalue weighted by atomic mass is 9.82. The van der Waals surface area contributed by atoms with Crippen molar-refractivity contribution in [1.29, 1.82) is 0 Å². The van der Waals surface area contributed by atoms with Gasteiger partial charge in [0.1, 0.15) is 12.4 Å². The zero-order valence-electron chi connectivity index (χ0n) is 19.1. The number of rotatable bonds is 4. The van der Waals surface area contributed by atoms with Gasteiger partial charge >= 0.3 is 0 Å². The van der Waals surface area contributed by atoms with E-state index in [-0.39, 0.29) is 35.4 Å². The van der Waals surface area contributed by atoms with Gasteiger partial charge in [-0.2, -0.15) is 9.61 Å². The Morgan fingerprint density at radius 1 is 1.19 bits per heavy atom. The standard InChI is InChI=1S/C22H33N7O2/c1-13-6-7-17(16(10-13)25-14(2)30)28-9-8-15(20(28)31)26-21-24-12-23-19-11-18(22(3,4)5)27-29(19)21/h11-13,15-17H,6-10H2,1-5H3,(H,25,30)(H,23,24,26)/t13-,15+,16-,17+/m1/s1. The second kappa shape index (κ2) is 8.09. The van der Waals surface area contributed by atoms with Crippen LogP contribution in [0.4, 0.5) is 5.95 Å². The number of hydrogen-bond acceptors (Lipinski definition) is 6. The number of anilines is 1. The first-order chi connectivity index (χ1) is 14.6. The molecule has 2 aromatic heterocycles. The molecule has 3 heterocycles. The number of aromatic nitrogens is 4. The van der Waals surface area contributed by atoms with Crippen LogP contribution in [0.1, 0.15) is 66.0 Å². The fraction of sp³-hybridized carbons (Fsp3) is 0.682. The molecule has 2 aromatic rings. The van der Waals surface area contributed by atoms with Crippen LogP contribution in [-0.4, -0.2) is 61.0 Å². The Balaban J connectivity index is 1.52. The minimum Gasteiger partial charge on any atom is -0.352 e. The summed E-state index contributed by atoms with van der Waals surface area (Å²) in [6.45, 7) is 10.7. The molecular formula is C22H33N7O2. The van der Waals surface area contributed by atoms with Gasteiger partial charge in [-0.15, -0.1) is 0 Å². The van der Waals surface area contributed by atoms with E-state index in [2.05, 4.69) is 53.4 Å². The molecule has 2 fully saturated rings. The monoisotopic (exact) mass is 427 g/mol. The van der Waals surface area contributed by atoms with Crippen molar-refractivity contribution in [2.45, 2.75) is 83.8 Å². The predicted octanol–water partition coefficient (Wildman–Crippen LogP) is 2.13. The van der Waals surface area contributed by atoms with Gasteiger partial charge in [-0.3, -0.25) is 9.59 Å². The van der Waals surface area contributed by atoms with Gasteiger partial charge in [0.25, 0.3) is 0 Å². The smallest absolute Gasteiger partial charge is 0.245 e. The number of likely N-dealkylation sites (tertiary alicyclic amines) is 1. The van der Waals surface area contributed by atoms with Crippen molar-refractivity contribution in [2.24, 2.45) is 5.92 Å². The summed E-state index contributed by atoms with van der Waals surface area (Å²) in [7, 11) is 0. The number of nitrogens with one attached hydrogen (secondary N) is 2. The molecule has 4 rings (SSSR count). The highest BCUT2D eigenvalue weighted by atomic mass is 16.2. The largest absolute Gasteiger partial charge is 0.352 e. The fourth-order valence-corrected chi connectivity index (χ4v) is 4.76. The Bertz CT molecular complexity index is 980. The molecule has 1 saturated carbocycles. The average Bonchev–Trinajstić information content (AvgIpc) is 3.27. The third-order valence-corrected chi connectivity index (χ3v) is 6.44. The molecule has 0 aromatic carbocycles. The Morgan fingerprint density at radius 2 is 1.97 bits per heavy atom. The van der Waals surface area contributed by atoms with Crippen LogP contribution in [0.5, 0.6) is 0 Å². The summed E-state index contributed by atoms with van der Waals surface area (Å²) in [4.78, 5) is 35.6. The van der Waals surface area contributed by atoms with Crippen LogP contribution in [0.15, 0.2) is 12.4 Å². The second-order valence-electron chi connectivity index (χ2n) is 10.1. The molecule has 4 atom stereocenters. The van der Waals surface area contributed by atoms with Gasteiger partial charge in [0.15, 0.2) is 5.65 Å². The van der Waals surface area contributed by atoms with Crippen molar-refractivity contribution < 1.29 is 9.59 Å². The van der Waals surface area contributed by atoms with Crippen molar-refractivity contribution in [1.82, 2.24) is 29.8 Å². The molecule has 168 valence electrons. The van der Waals surface area contributed by atoms with Crippen molar-refractivity contribution in [3.63, 3.8) is 0 Å². The maximum absolute atomic E-state index is 13.3. The van der Waals surface area contributed by atoms with Crippen LogP contribution in [0.3, 0.4) is 0 Å². The van der Waals surface area contributed by atoms with Crippen molar-refractivity contribution in [2.75, 3.05) is 11.9 Å². The van der Waals surface area contributed by atoms with E-state index in [1.165, 1.54) is 6.33 Å². The number of fused-ring (bicyclic) bond motifs is 1. The lowest BCUT2D eigenvalue weighted by Crippen LogP contribution is -2.55. The summed E-state index contributed by atoms with van der Waals surface area (Å²) in [5.41, 5.74) is 1.52. The SMILES string of the molecule is CC(=O)N[C@@H]1C[C@H](C)CC[C@@H]1N1CC[C@H](Nc2ncnc3cc(C(C)(C)C)nn23)C1=O. The van der Waals surface area contributed by atoms with E-state index in [1.807, 2.05) is 11.0 Å². The highest BCUT2D eigenvalue weighted by molar-refractivity contribution is 5.87. The van der Waals surface area contributed by atoms with Gasteiger partial charge in [-0.05, 0) is 31.6 Å². The number of hydrogen-bond donors (Lipinski definition) is 2. The highest BCUT2D eigenvalue weighted by Gasteiger charge is 2.41. The first-order valence-electron chi connectivity index (χ1n) is 11.2. The zero-order valence-corrected chi connectivity index (χ0v) is 19.1. The maximum Gasteiger partial charge on any atom is 0.245 e. The molecule has 1 aliphatic heterocycles. The van der Waals surface area contributed by atoms with Gasteiger partial charge in [-0.1, -0.05) is 27.7 Å². The molecule has 0 bridgehead atoms.